The molecule has 2 aromatic carbocycles. The summed E-state index contributed by atoms with van der Waals surface area (Å²) in [6.45, 7) is 3.14. The van der Waals surface area contributed by atoms with E-state index in [0.717, 1.165) is 6.07 Å². The highest BCUT2D eigenvalue weighted by atomic mass is 32.2. The van der Waals surface area contributed by atoms with E-state index >= 15 is 0 Å². The quantitative estimate of drug-likeness (QED) is 0.303. The Morgan fingerprint density at radius 1 is 1.12 bits per heavy atom. The second kappa shape index (κ2) is 9.67. The van der Waals surface area contributed by atoms with Crippen molar-refractivity contribution in [1.29, 1.82) is 0 Å². The van der Waals surface area contributed by atoms with Crippen LogP contribution in [0, 0.1) is 10.1 Å². The summed E-state index contributed by atoms with van der Waals surface area (Å²) in [4.78, 5) is 49.3. The Morgan fingerprint density at radius 3 is 2.35 bits per heavy atom. The van der Waals surface area contributed by atoms with Gasteiger partial charge in [0.2, 0.25) is 15.9 Å². The van der Waals surface area contributed by atoms with Gasteiger partial charge in [0, 0.05) is 24.9 Å². The lowest BCUT2D eigenvalue weighted by Gasteiger charge is -2.21. The lowest BCUT2D eigenvalue weighted by molar-refractivity contribution is -0.385. The number of benzene rings is 2. The molecule has 1 aliphatic heterocycles. The Kier molecular flexibility index (Phi) is 7.09. The van der Waals surface area contributed by atoms with Gasteiger partial charge in [-0.3, -0.25) is 29.4 Å². The molecule has 2 aromatic rings. The van der Waals surface area contributed by atoms with Crippen LogP contribution in [-0.4, -0.2) is 61.8 Å². The van der Waals surface area contributed by atoms with Crippen molar-refractivity contribution in [2.45, 2.75) is 30.8 Å². The Morgan fingerprint density at radius 2 is 1.76 bits per heavy atom. The summed E-state index contributed by atoms with van der Waals surface area (Å²) in [5.41, 5.74) is -0.801. The number of ether oxygens (including phenoxy) is 1. The summed E-state index contributed by atoms with van der Waals surface area (Å²) < 4.78 is 32.2. The number of nitrogens with one attached hydrogen (secondary N) is 2. The van der Waals surface area contributed by atoms with Crippen molar-refractivity contribution in [3.05, 3.63) is 63.7 Å². The normalized spacial score (nSPS) is 15.1. The zero-order chi connectivity index (χ0) is 25.2. The second-order valence-electron chi connectivity index (χ2n) is 7.60. The SMILES string of the molecule is COCC(C)NS(=O)(=O)c1ccc(NC(=O)C(C)N2C(=O)c3cccc([N+](=O)[O-])c3C2=O)cc1. The number of imide groups is 1. The molecule has 1 aliphatic rings. The number of hydrogen-bond acceptors (Lipinski definition) is 8. The smallest absolute Gasteiger partial charge is 0.282 e. The first-order valence-corrected chi connectivity index (χ1v) is 11.5. The predicted octanol–water partition coefficient (Wildman–Crippen LogP) is 1.53. The maximum absolute atomic E-state index is 12.8. The van der Waals surface area contributed by atoms with Crippen molar-refractivity contribution in [3.8, 4) is 0 Å². The summed E-state index contributed by atoms with van der Waals surface area (Å²) in [6, 6.07) is 7.23. The van der Waals surface area contributed by atoms with Gasteiger partial charge < -0.3 is 10.1 Å². The molecule has 0 aromatic heterocycles. The topological polar surface area (TPSA) is 165 Å². The van der Waals surface area contributed by atoms with E-state index in [1.807, 2.05) is 0 Å². The number of carbonyl (C=O) groups excluding carboxylic acids is 3. The summed E-state index contributed by atoms with van der Waals surface area (Å²) in [7, 11) is -2.36. The van der Waals surface area contributed by atoms with E-state index in [9.17, 15) is 32.9 Å². The molecule has 0 spiro atoms. The highest BCUT2D eigenvalue weighted by Crippen LogP contribution is 2.32. The number of carbonyl (C=O) groups is 3. The Hall–Kier alpha value is -3.68. The summed E-state index contributed by atoms with van der Waals surface area (Å²) in [5.74, 6) is -2.49. The molecule has 0 saturated carbocycles. The molecule has 2 atom stereocenters. The minimum atomic E-state index is -3.81. The summed E-state index contributed by atoms with van der Waals surface area (Å²) in [6.07, 6.45) is 0. The monoisotopic (exact) mass is 490 g/mol. The van der Waals surface area contributed by atoms with Gasteiger partial charge in [-0.15, -0.1) is 0 Å². The van der Waals surface area contributed by atoms with Crippen LogP contribution in [0.4, 0.5) is 11.4 Å². The zero-order valence-corrected chi connectivity index (χ0v) is 19.3. The molecule has 0 fully saturated rings. The van der Waals surface area contributed by atoms with Crippen molar-refractivity contribution in [2.75, 3.05) is 19.0 Å². The number of amides is 3. The number of methoxy groups -OCH3 is 1. The summed E-state index contributed by atoms with van der Waals surface area (Å²) in [5, 5.41) is 13.8. The number of nitro benzene ring substituents is 1. The first-order valence-electron chi connectivity index (χ1n) is 10.1. The van der Waals surface area contributed by atoms with Crippen LogP contribution in [0.25, 0.3) is 0 Å². The lowest BCUT2D eigenvalue weighted by Crippen LogP contribution is -2.45. The summed E-state index contributed by atoms with van der Waals surface area (Å²) >= 11 is 0. The fourth-order valence-electron chi connectivity index (χ4n) is 3.49. The maximum atomic E-state index is 12.8. The van der Waals surface area contributed by atoms with Crippen LogP contribution in [0.2, 0.25) is 0 Å². The highest BCUT2D eigenvalue weighted by Gasteiger charge is 2.44. The average Bonchev–Trinajstić information content (AvgIpc) is 3.03. The largest absolute Gasteiger partial charge is 0.383 e. The number of fused-ring (bicyclic) bond motifs is 1. The molecular weight excluding hydrogens is 468 g/mol. The van der Waals surface area contributed by atoms with Gasteiger partial charge >= 0.3 is 0 Å². The Bertz CT molecular complexity index is 1260. The van der Waals surface area contributed by atoms with Crippen molar-refractivity contribution in [2.24, 2.45) is 0 Å². The minimum absolute atomic E-state index is 0.0332. The van der Waals surface area contributed by atoms with E-state index in [1.54, 1.807) is 6.92 Å². The molecule has 2 unspecified atom stereocenters. The predicted molar refractivity (Wildman–Crippen MR) is 120 cm³/mol. The highest BCUT2D eigenvalue weighted by molar-refractivity contribution is 7.89. The molecule has 34 heavy (non-hydrogen) atoms. The first-order chi connectivity index (χ1) is 16.0. The van der Waals surface area contributed by atoms with Crippen molar-refractivity contribution < 1.29 is 32.5 Å². The van der Waals surface area contributed by atoms with Crippen molar-refractivity contribution in [3.63, 3.8) is 0 Å². The van der Waals surface area contributed by atoms with Crippen LogP contribution in [0.15, 0.2) is 47.4 Å². The molecule has 180 valence electrons. The lowest BCUT2D eigenvalue weighted by atomic mass is 10.1. The average molecular weight is 490 g/mol. The molecule has 0 bridgehead atoms. The van der Waals surface area contributed by atoms with Gasteiger partial charge in [0.25, 0.3) is 17.5 Å². The zero-order valence-electron chi connectivity index (χ0n) is 18.5. The third-order valence-electron chi connectivity index (χ3n) is 5.09. The molecule has 0 radical (unpaired) electrons. The molecule has 12 nitrogen and oxygen atoms in total. The Balaban J connectivity index is 1.74. The van der Waals surface area contributed by atoms with Crippen LogP contribution in [0.1, 0.15) is 34.6 Å². The van der Waals surface area contributed by atoms with Crippen LogP contribution >= 0.6 is 0 Å². The molecule has 2 N–H and O–H groups in total. The van der Waals surface area contributed by atoms with Crippen LogP contribution in [0.3, 0.4) is 0 Å². The van der Waals surface area contributed by atoms with Crippen LogP contribution in [0.5, 0.6) is 0 Å². The van der Waals surface area contributed by atoms with Gasteiger partial charge in [0.1, 0.15) is 11.6 Å². The first kappa shape index (κ1) is 25.0. The fraction of sp³-hybridized carbons (Fsp3) is 0.286. The van der Waals surface area contributed by atoms with E-state index in [1.165, 1.54) is 50.4 Å². The van der Waals surface area contributed by atoms with E-state index in [-0.39, 0.29) is 28.3 Å². The number of rotatable bonds is 9. The van der Waals surface area contributed by atoms with Crippen molar-refractivity contribution >= 4 is 39.1 Å². The van der Waals surface area contributed by atoms with E-state index < -0.39 is 50.4 Å². The number of anilines is 1. The number of sulfonamides is 1. The second-order valence-corrected chi connectivity index (χ2v) is 9.32. The molecule has 3 amide bonds. The third-order valence-corrected chi connectivity index (χ3v) is 6.70. The van der Waals surface area contributed by atoms with Gasteiger partial charge in [-0.2, -0.15) is 0 Å². The molecule has 1 heterocycles. The van der Waals surface area contributed by atoms with Crippen LogP contribution < -0.4 is 10.0 Å². The standard InChI is InChI=1S/C21H22N4O8S/c1-12(11-33-3)23-34(31,32)15-9-7-14(8-10-15)22-19(26)13(2)24-20(27)16-5-4-6-17(25(29)30)18(16)21(24)28/h4-10,12-13,23H,11H2,1-3H3,(H,22,26). The number of hydrogen-bond donors (Lipinski definition) is 2. The van der Waals surface area contributed by atoms with Crippen LogP contribution in [-0.2, 0) is 19.6 Å². The molecule has 3 rings (SSSR count). The van der Waals surface area contributed by atoms with Gasteiger partial charge in [-0.25, -0.2) is 13.1 Å². The minimum Gasteiger partial charge on any atom is -0.383 e. The molecule has 13 heteroatoms. The maximum Gasteiger partial charge on any atom is 0.282 e. The van der Waals surface area contributed by atoms with E-state index in [0.29, 0.717) is 4.90 Å². The molecule has 0 saturated heterocycles. The van der Waals surface area contributed by atoms with Gasteiger partial charge in [-0.1, -0.05) is 6.07 Å². The Labute approximate surface area is 195 Å². The van der Waals surface area contributed by atoms with E-state index in [2.05, 4.69) is 10.0 Å². The van der Waals surface area contributed by atoms with Gasteiger partial charge in [0.15, 0.2) is 0 Å². The van der Waals surface area contributed by atoms with E-state index in [4.69, 9.17) is 4.74 Å². The van der Waals surface area contributed by atoms with Gasteiger partial charge in [0.05, 0.1) is 22.0 Å². The van der Waals surface area contributed by atoms with Gasteiger partial charge in [-0.05, 0) is 44.2 Å². The van der Waals surface area contributed by atoms with Crippen molar-refractivity contribution in [1.82, 2.24) is 9.62 Å². The fourth-order valence-corrected chi connectivity index (χ4v) is 4.72. The molecule has 0 aliphatic carbocycles. The molecular formula is C21H22N4O8S. The number of nitrogens with zero attached hydrogens (tertiary/aromatic N) is 2. The third kappa shape index (κ3) is 4.81. The number of nitro groups is 1.